The second-order valence-electron chi connectivity index (χ2n) is 5.54. The van der Waals surface area contributed by atoms with Gasteiger partial charge in [-0.15, -0.1) is 0 Å². The van der Waals surface area contributed by atoms with Crippen molar-refractivity contribution < 1.29 is 0 Å². The van der Waals surface area contributed by atoms with E-state index in [0.717, 1.165) is 27.7 Å². The van der Waals surface area contributed by atoms with Crippen molar-refractivity contribution in [2.75, 3.05) is 19.0 Å². The molecule has 3 aromatic rings. The molecule has 0 aliphatic rings. The molecule has 0 aliphatic carbocycles. The molecule has 1 aromatic heterocycles. The minimum absolute atomic E-state index is 0.419. The van der Waals surface area contributed by atoms with Gasteiger partial charge in [-0.3, -0.25) is 0 Å². The van der Waals surface area contributed by atoms with E-state index in [4.69, 9.17) is 11.6 Å². The van der Waals surface area contributed by atoms with Crippen LogP contribution in [0.25, 0.3) is 10.9 Å². The van der Waals surface area contributed by atoms with Crippen LogP contribution in [0.15, 0.2) is 64.8 Å². The molecule has 1 heterocycles. The Morgan fingerprint density at radius 1 is 0.958 bits per heavy atom. The standard InChI is InChI=1S/C19H17ClN4/c1-24(2)17-9-7-14(8-10-17)12-21-22-13-16-11-15-5-3-4-6-18(15)23-19(16)20/h3-13H,1-2H3/b21-12+,22-13+. The van der Waals surface area contributed by atoms with Crippen LogP contribution in [0.3, 0.4) is 0 Å². The van der Waals surface area contributed by atoms with Gasteiger partial charge in [-0.05, 0) is 29.8 Å². The first-order valence-corrected chi connectivity index (χ1v) is 7.90. The summed E-state index contributed by atoms with van der Waals surface area (Å²) in [6, 6.07) is 17.8. The normalized spacial score (nSPS) is 11.6. The molecule has 0 saturated heterocycles. The fourth-order valence-electron chi connectivity index (χ4n) is 2.25. The lowest BCUT2D eigenvalue weighted by Gasteiger charge is -2.11. The first kappa shape index (κ1) is 16.1. The number of aromatic nitrogens is 1. The highest BCUT2D eigenvalue weighted by Crippen LogP contribution is 2.19. The molecule has 5 heteroatoms. The summed E-state index contributed by atoms with van der Waals surface area (Å²) in [7, 11) is 4.02. The van der Waals surface area contributed by atoms with Crippen LogP contribution in [0.4, 0.5) is 5.69 Å². The van der Waals surface area contributed by atoms with Crippen LogP contribution in [-0.4, -0.2) is 31.5 Å². The number of nitrogens with zero attached hydrogens (tertiary/aromatic N) is 4. The molecule has 0 spiro atoms. The molecule has 4 nitrogen and oxygen atoms in total. The molecule has 120 valence electrons. The van der Waals surface area contributed by atoms with E-state index >= 15 is 0 Å². The maximum Gasteiger partial charge on any atom is 0.138 e. The summed E-state index contributed by atoms with van der Waals surface area (Å²) in [6.07, 6.45) is 3.32. The number of pyridine rings is 1. The number of halogens is 1. The van der Waals surface area contributed by atoms with E-state index in [1.807, 2.05) is 73.6 Å². The molecular weight excluding hydrogens is 320 g/mol. The second-order valence-corrected chi connectivity index (χ2v) is 5.89. The van der Waals surface area contributed by atoms with Crippen molar-refractivity contribution in [2.45, 2.75) is 0 Å². The number of hydrogen-bond acceptors (Lipinski definition) is 4. The Morgan fingerprint density at radius 3 is 2.42 bits per heavy atom. The minimum atomic E-state index is 0.419. The van der Waals surface area contributed by atoms with E-state index in [1.165, 1.54) is 0 Å². The molecule has 0 amide bonds. The van der Waals surface area contributed by atoms with Gasteiger partial charge in [0, 0.05) is 30.7 Å². The average Bonchev–Trinajstić information content (AvgIpc) is 2.59. The summed E-state index contributed by atoms with van der Waals surface area (Å²) in [5.41, 5.74) is 3.74. The van der Waals surface area contributed by atoms with Gasteiger partial charge in [-0.1, -0.05) is 41.9 Å². The lowest BCUT2D eigenvalue weighted by Crippen LogP contribution is -2.08. The SMILES string of the molecule is CN(C)c1ccc(/C=N/N=C/c2cc3ccccc3nc2Cl)cc1. The second kappa shape index (κ2) is 7.23. The fourth-order valence-corrected chi connectivity index (χ4v) is 2.45. The van der Waals surface area contributed by atoms with Crippen LogP contribution < -0.4 is 4.90 Å². The molecule has 0 saturated carbocycles. The van der Waals surface area contributed by atoms with Gasteiger partial charge in [0.15, 0.2) is 0 Å². The fraction of sp³-hybridized carbons (Fsp3) is 0.105. The number of para-hydroxylation sites is 1. The average molecular weight is 337 g/mol. The zero-order valence-corrected chi connectivity index (χ0v) is 14.3. The maximum absolute atomic E-state index is 6.19. The summed E-state index contributed by atoms with van der Waals surface area (Å²) < 4.78 is 0. The maximum atomic E-state index is 6.19. The number of hydrogen-bond donors (Lipinski definition) is 0. The molecule has 0 radical (unpaired) electrons. The first-order chi connectivity index (χ1) is 11.6. The summed E-state index contributed by atoms with van der Waals surface area (Å²) >= 11 is 6.19. The minimum Gasteiger partial charge on any atom is -0.378 e. The van der Waals surface area contributed by atoms with Crippen LogP contribution in [0, 0.1) is 0 Å². The Balaban J connectivity index is 1.75. The van der Waals surface area contributed by atoms with E-state index in [2.05, 4.69) is 15.2 Å². The van der Waals surface area contributed by atoms with E-state index in [1.54, 1.807) is 12.4 Å². The highest BCUT2D eigenvalue weighted by atomic mass is 35.5. The van der Waals surface area contributed by atoms with Crippen molar-refractivity contribution in [1.82, 2.24) is 4.98 Å². The zero-order valence-electron chi connectivity index (χ0n) is 13.5. The largest absolute Gasteiger partial charge is 0.378 e. The van der Waals surface area contributed by atoms with Gasteiger partial charge in [-0.2, -0.15) is 10.2 Å². The molecule has 0 bridgehead atoms. The van der Waals surface area contributed by atoms with Crippen molar-refractivity contribution in [1.29, 1.82) is 0 Å². The third-order valence-corrected chi connectivity index (χ3v) is 3.89. The Morgan fingerprint density at radius 2 is 1.67 bits per heavy atom. The molecule has 0 fully saturated rings. The summed E-state index contributed by atoms with van der Waals surface area (Å²) in [6.45, 7) is 0. The van der Waals surface area contributed by atoms with Gasteiger partial charge in [0.1, 0.15) is 5.15 Å². The third kappa shape index (κ3) is 3.78. The van der Waals surface area contributed by atoms with Gasteiger partial charge in [0.05, 0.1) is 17.9 Å². The van der Waals surface area contributed by atoms with E-state index < -0.39 is 0 Å². The predicted molar refractivity (Wildman–Crippen MR) is 103 cm³/mol. The highest BCUT2D eigenvalue weighted by molar-refractivity contribution is 6.32. The number of benzene rings is 2. The smallest absolute Gasteiger partial charge is 0.138 e. The predicted octanol–water partition coefficient (Wildman–Crippen LogP) is 4.41. The van der Waals surface area contributed by atoms with Gasteiger partial charge < -0.3 is 4.90 Å². The van der Waals surface area contributed by atoms with Crippen LogP contribution in [0.2, 0.25) is 5.15 Å². The summed E-state index contributed by atoms with van der Waals surface area (Å²) in [4.78, 5) is 6.41. The van der Waals surface area contributed by atoms with Crippen LogP contribution in [0.5, 0.6) is 0 Å². The molecule has 3 rings (SSSR count). The van der Waals surface area contributed by atoms with Crippen molar-refractivity contribution in [3.63, 3.8) is 0 Å². The Bertz CT molecular complexity index is 899. The Kier molecular flexibility index (Phi) is 4.87. The Hall–Kier alpha value is -2.72. The lowest BCUT2D eigenvalue weighted by molar-refractivity contribution is 1.13. The Labute approximate surface area is 146 Å². The molecule has 0 N–H and O–H groups in total. The molecule has 0 unspecified atom stereocenters. The van der Waals surface area contributed by atoms with Gasteiger partial charge in [0.2, 0.25) is 0 Å². The molecule has 0 atom stereocenters. The van der Waals surface area contributed by atoms with Crippen molar-refractivity contribution in [3.8, 4) is 0 Å². The zero-order chi connectivity index (χ0) is 16.9. The summed E-state index contributed by atoms with van der Waals surface area (Å²) in [5.74, 6) is 0. The van der Waals surface area contributed by atoms with Crippen LogP contribution in [-0.2, 0) is 0 Å². The lowest BCUT2D eigenvalue weighted by atomic mass is 10.2. The molecule has 2 aromatic carbocycles. The van der Waals surface area contributed by atoms with Crippen LogP contribution >= 0.6 is 11.6 Å². The van der Waals surface area contributed by atoms with Gasteiger partial charge in [-0.25, -0.2) is 4.98 Å². The molecule has 24 heavy (non-hydrogen) atoms. The number of fused-ring (bicyclic) bond motifs is 1. The van der Waals surface area contributed by atoms with E-state index in [9.17, 15) is 0 Å². The third-order valence-electron chi connectivity index (χ3n) is 3.58. The van der Waals surface area contributed by atoms with Crippen molar-refractivity contribution in [2.24, 2.45) is 10.2 Å². The van der Waals surface area contributed by atoms with Crippen molar-refractivity contribution >= 4 is 40.6 Å². The van der Waals surface area contributed by atoms with Crippen LogP contribution in [0.1, 0.15) is 11.1 Å². The molecular formula is C19H17ClN4. The topological polar surface area (TPSA) is 40.9 Å². The quantitative estimate of drug-likeness (QED) is 0.402. The van der Waals surface area contributed by atoms with Crippen molar-refractivity contribution in [3.05, 3.63) is 70.9 Å². The monoisotopic (exact) mass is 336 g/mol. The summed E-state index contributed by atoms with van der Waals surface area (Å²) in [5, 5.41) is 9.59. The first-order valence-electron chi connectivity index (χ1n) is 7.52. The van der Waals surface area contributed by atoms with Gasteiger partial charge >= 0.3 is 0 Å². The van der Waals surface area contributed by atoms with E-state index in [-0.39, 0.29) is 0 Å². The number of rotatable bonds is 4. The molecule has 0 aliphatic heterocycles. The van der Waals surface area contributed by atoms with E-state index in [0.29, 0.717) is 5.15 Å². The highest BCUT2D eigenvalue weighted by Gasteiger charge is 2.02. The number of anilines is 1. The van der Waals surface area contributed by atoms with Gasteiger partial charge in [0.25, 0.3) is 0 Å².